The maximum atomic E-state index is 9.39. The molecule has 2 aliphatic rings. The van der Waals surface area contributed by atoms with Gasteiger partial charge in [-0.3, -0.25) is 4.68 Å². The van der Waals surface area contributed by atoms with E-state index in [4.69, 9.17) is 9.97 Å². The third kappa shape index (κ3) is 4.05. The van der Waals surface area contributed by atoms with E-state index in [0.29, 0.717) is 6.54 Å². The number of rotatable bonds is 7. The van der Waals surface area contributed by atoms with E-state index in [1.807, 2.05) is 28.3 Å². The van der Waals surface area contributed by atoms with E-state index in [0.717, 1.165) is 54.3 Å². The Hall–Kier alpha value is -2.42. The first kappa shape index (κ1) is 21.1. The molecule has 0 fully saturated rings. The summed E-state index contributed by atoms with van der Waals surface area (Å²) in [6.07, 6.45) is 8.66. The molecule has 0 saturated heterocycles. The van der Waals surface area contributed by atoms with Crippen molar-refractivity contribution >= 4 is 39.1 Å². The van der Waals surface area contributed by atoms with Crippen molar-refractivity contribution in [2.45, 2.75) is 61.8 Å². The number of benzene rings is 1. The number of aliphatic hydroxyl groups excluding tert-OH is 1. The van der Waals surface area contributed by atoms with Crippen LogP contribution >= 0.6 is 23.1 Å². The summed E-state index contributed by atoms with van der Waals surface area (Å²) in [4.78, 5) is 13.9. The summed E-state index contributed by atoms with van der Waals surface area (Å²) in [7, 11) is 0. The quantitative estimate of drug-likeness (QED) is 0.359. The highest BCUT2D eigenvalue weighted by molar-refractivity contribution is 7.98. The summed E-state index contributed by atoms with van der Waals surface area (Å²) in [6, 6.07) is 10.6. The van der Waals surface area contributed by atoms with Crippen LogP contribution in [0.1, 0.15) is 52.8 Å². The van der Waals surface area contributed by atoms with Gasteiger partial charge in [-0.15, -0.1) is 23.1 Å². The lowest BCUT2D eigenvalue weighted by Crippen LogP contribution is -2.20. The molecule has 2 N–H and O–H groups in total. The molecule has 8 heteroatoms. The van der Waals surface area contributed by atoms with E-state index < -0.39 is 0 Å². The minimum absolute atomic E-state index is 0.113. The van der Waals surface area contributed by atoms with E-state index in [9.17, 15) is 5.11 Å². The summed E-state index contributed by atoms with van der Waals surface area (Å²) < 4.78 is 1.96. The van der Waals surface area contributed by atoms with Crippen molar-refractivity contribution in [2.24, 2.45) is 0 Å². The molecule has 0 radical (unpaired) electrons. The van der Waals surface area contributed by atoms with Crippen LogP contribution in [0.5, 0.6) is 0 Å². The zero-order valence-corrected chi connectivity index (χ0v) is 20.1. The van der Waals surface area contributed by atoms with Crippen molar-refractivity contribution in [3.8, 4) is 0 Å². The summed E-state index contributed by atoms with van der Waals surface area (Å²) >= 11 is 3.63. The lowest BCUT2D eigenvalue weighted by molar-refractivity contribution is 0.266. The monoisotopic (exact) mass is 477 g/mol. The Morgan fingerprint density at radius 3 is 2.91 bits per heavy atom. The number of aromatic nitrogens is 4. The topological polar surface area (TPSA) is 75.9 Å². The second-order valence-corrected chi connectivity index (χ2v) is 10.8. The van der Waals surface area contributed by atoms with Gasteiger partial charge < -0.3 is 10.4 Å². The number of thiophene rings is 1. The Morgan fingerprint density at radius 2 is 2.03 bits per heavy atom. The van der Waals surface area contributed by atoms with Gasteiger partial charge in [-0.2, -0.15) is 5.10 Å². The Labute approximate surface area is 201 Å². The minimum atomic E-state index is 0.113. The van der Waals surface area contributed by atoms with Gasteiger partial charge in [-0.1, -0.05) is 18.2 Å². The summed E-state index contributed by atoms with van der Waals surface area (Å²) in [6.45, 7) is 0.668. The van der Waals surface area contributed by atoms with Gasteiger partial charge >= 0.3 is 0 Å². The number of nitrogens with one attached hydrogen (secondary N) is 1. The summed E-state index contributed by atoms with van der Waals surface area (Å²) in [5.41, 5.74) is 3.94. The number of nitrogens with zero attached hydrogens (tertiary/aromatic N) is 4. The second kappa shape index (κ2) is 9.08. The molecule has 0 bridgehead atoms. The van der Waals surface area contributed by atoms with Crippen LogP contribution in [0.4, 0.5) is 5.82 Å². The van der Waals surface area contributed by atoms with Gasteiger partial charge in [0.05, 0.1) is 36.5 Å². The SMILES string of the molecule is OCCn1ncc2c1CCC[C@@H]2Nc1nc(CSc2ccccc2)nc2sc3c(c12)CCC3. The van der Waals surface area contributed by atoms with Crippen LogP contribution < -0.4 is 5.32 Å². The summed E-state index contributed by atoms with van der Waals surface area (Å²) in [5.74, 6) is 2.61. The Bertz CT molecular complexity index is 1280. The number of anilines is 1. The van der Waals surface area contributed by atoms with Gasteiger partial charge in [0.25, 0.3) is 0 Å². The molecule has 0 unspecified atom stereocenters. The third-order valence-electron chi connectivity index (χ3n) is 6.61. The fourth-order valence-corrected chi connectivity index (χ4v) is 7.15. The molecule has 0 saturated carbocycles. The molecular formula is C25H27N5OS2. The molecule has 3 aromatic heterocycles. The molecule has 170 valence electrons. The van der Waals surface area contributed by atoms with Crippen LogP contribution in [0.3, 0.4) is 0 Å². The molecular weight excluding hydrogens is 450 g/mol. The van der Waals surface area contributed by atoms with Crippen LogP contribution in [0.25, 0.3) is 10.2 Å². The molecule has 4 aromatic rings. The zero-order valence-electron chi connectivity index (χ0n) is 18.5. The van der Waals surface area contributed by atoms with Crippen LogP contribution in [-0.4, -0.2) is 31.5 Å². The van der Waals surface area contributed by atoms with E-state index in [2.05, 4.69) is 34.7 Å². The average molecular weight is 478 g/mol. The molecule has 0 spiro atoms. The first-order valence-corrected chi connectivity index (χ1v) is 13.5. The summed E-state index contributed by atoms with van der Waals surface area (Å²) in [5, 5.41) is 19.0. The first-order chi connectivity index (χ1) is 16.3. The number of aryl methyl sites for hydroxylation is 2. The van der Waals surface area contributed by atoms with Crippen molar-refractivity contribution in [3.05, 3.63) is 64.1 Å². The molecule has 1 atom stereocenters. The van der Waals surface area contributed by atoms with Gasteiger partial charge in [0.2, 0.25) is 0 Å². The fraction of sp³-hybridized carbons (Fsp3) is 0.400. The highest BCUT2D eigenvalue weighted by Crippen LogP contribution is 2.42. The first-order valence-electron chi connectivity index (χ1n) is 11.7. The number of hydrogen-bond acceptors (Lipinski definition) is 7. The minimum Gasteiger partial charge on any atom is -0.394 e. The van der Waals surface area contributed by atoms with Gasteiger partial charge in [0.1, 0.15) is 16.5 Å². The predicted molar refractivity (Wildman–Crippen MR) is 134 cm³/mol. The van der Waals surface area contributed by atoms with Gasteiger partial charge in [-0.25, -0.2) is 9.97 Å². The van der Waals surface area contributed by atoms with Gasteiger partial charge in [-0.05, 0) is 56.2 Å². The van der Waals surface area contributed by atoms with Crippen molar-refractivity contribution in [1.29, 1.82) is 0 Å². The normalized spacial score (nSPS) is 17.3. The molecule has 2 aliphatic carbocycles. The average Bonchev–Trinajstić information content (AvgIpc) is 3.54. The van der Waals surface area contributed by atoms with E-state index in [-0.39, 0.29) is 12.6 Å². The number of aliphatic hydroxyl groups is 1. The standard InChI is InChI=1S/C25H27N5OS2/c31-13-12-30-20-10-5-9-19(18(20)14-26-30)27-24-23-17-8-4-11-21(17)33-25(23)29-22(28-24)15-32-16-6-2-1-3-7-16/h1-3,6-7,14,19,31H,4-5,8-13,15H2,(H,27,28,29)/t19-/m0/s1. The molecule has 3 heterocycles. The smallest absolute Gasteiger partial charge is 0.142 e. The highest BCUT2D eigenvalue weighted by atomic mass is 32.2. The van der Waals surface area contributed by atoms with Crippen LogP contribution in [0.15, 0.2) is 41.4 Å². The lowest BCUT2D eigenvalue weighted by Gasteiger charge is -2.25. The second-order valence-electron chi connectivity index (χ2n) is 8.71. The Balaban J connectivity index is 1.35. The van der Waals surface area contributed by atoms with Crippen LogP contribution in [0, 0.1) is 0 Å². The van der Waals surface area contributed by atoms with Gasteiger partial charge in [0, 0.05) is 21.0 Å². The molecule has 0 amide bonds. The number of fused-ring (bicyclic) bond motifs is 4. The third-order valence-corrected chi connectivity index (χ3v) is 8.80. The highest BCUT2D eigenvalue weighted by Gasteiger charge is 2.27. The maximum Gasteiger partial charge on any atom is 0.142 e. The molecule has 6 nitrogen and oxygen atoms in total. The van der Waals surface area contributed by atoms with Crippen molar-refractivity contribution in [2.75, 3.05) is 11.9 Å². The molecule has 33 heavy (non-hydrogen) atoms. The number of hydrogen-bond donors (Lipinski definition) is 2. The van der Waals surface area contributed by atoms with Crippen molar-refractivity contribution in [3.63, 3.8) is 0 Å². The number of thioether (sulfide) groups is 1. The zero-order chi connectivity index (χ0) is 22.2. The van der Waals surface area contributed by atoms with Crippen LogP contribution in [-0.2, 0) is 31.6 Å². The lowest BCUT2D eigenvalue weighted by atomic mass is 9.93. The van der Waals surface area contributed by atoms with Crippen LogP contribution in [0.2, 0.25) is 0 Å². The molecule has 6 rings (SSSR count). The Kier molecular flexibility index (Phi) is 5.82. The maximum absolute atomic E-state index is 9.39. The largest absolute Gasteiger partial charge is 0.394 e. The van der Waals surface area contributed by atoms with Crippen molar-refractivity contribution in [1.82, 2.24) is 19.7 Å². The molecule has 1 aromatic carbocycles. The molecule has 0 aliphatic heterocycles. The van der Waals surface area contributed by atoms with Crippen molar-refractivity contribution < 1.29 is 5.11 Å². The fourth-order valence-electron chi connectivity index (χ4n) is 5.09. The Morgan fingerprint density at radius 1 is 1.12 bits per heavy atom. The van der Waals surface area contributed by atoms with Gasteiger partial charge in [0.15, 0.2) is 0 Å². The predicted octanol–water partition coefficient (Wildman–Crippen LogP) is 5.15. The van der Waals surface area contributed by atoms with E-state index in [1.165, 1.54) is 38.4 Å². The van der Waals surface area contributed by atoms with E-state index in [1.54, 1.807) is 11.8 Å². The van der Waals surface area contributed by atoms with E-state index >= 15 is 0 Å².